The molecule has 0 aliphatic carbocycles. The van der Waals surface area contributed by atoms with Gasteiger partial charge >= 0.3 is 0 Å². The summed E-state index contributed by atoms with van der Waals surface area (Å²) < 4.78 is 6.09. The molecule has 0 bridgehead atoms. The van der Waals surface area contributed by atoms with E-state index in [1.54, 1.807) is 0 Å². The third-order valence-corrected chi connectivity index (χ3v) is 3.54. The van der Waals surface area contributed by atoms with Gasteiger partial charge < -0.3 is 4.74 Å². The Bertz CT molecular complexity index is 651. The Morgan fingerprint density at radius 1 is 1.19 bits per heavy atom. The molecule has 2 heteroatoms. The molecule has 110 valence electrons. The Balaban J connectivity index is 2.44. The second-order valence-electron chi connectivity index (χ2n) is 5.12. The standard InChI is InChI=1S/C19H21ClO/c1-3-8-15(2)21-19-13-12-16-9-4-5-10-17(16)18(19)11-6-7-14-20/h4-5,9-10,12-13,15H,3,7-8,14H2,1-2H3. The molecule has 2 aromatic carbocycles. The minimum Gasteiger partial charge on any atom is -0.489 e. The second kappa shape index (κ2) is 7.96. The minimum absolute atomic E-state index is 0.199. The number of rotatable bonds is 5. The van der Waals surface area contributed by atoms with Gasteiger partial charge in [0.25, 0.3) is 0 Å². The predicted molar refractivity (Wildman–Crippen MR) is 91.2 cm³/mol. The van der Waals surface area contributed by atoms with E-state index in [0.717, 1.165) is 29.5 Å². The molecule has 1 unspecified atom stereocenters. The quantitative estimate of drug-likeness (QED) is 0.531. The minimum atomic E-state index is 0.199. The maximum Gasteiger partial charge on any atom is 0.135 e. The SMILES string of the molecule is CCCC(C)Oc1ccc2ccccc2c1C#CCCCl. The van der Waals surface area contributed by atoms with Crippen LogP contribution >= 0.6 is 11.6 Å². The highest BCUT2D eigenvalue weighted by atomic mass is 35.5. The molecular weight excluding hydrogens is 280 g/mol. The van der Waals surface area contributed by atoms with E-state index in [9.17, 15) is 0 Å². The first-order valence-electron chi connectivity index (χ1n) is 7.49. The van der Waals surface area contributed by atoms with Crippen LogP contribution in [-0.2, 0) is 0 Å². The zero-order chi connectivity index (χ0) is 15.1. The van der Waals surface area contributed by atoms with E-state index in [-0.39, 0.29) is 6.10 Å². The van der Waals surface area contributed by atoms with Crippen LogP contribution in [0.2, 0.25) is 0 Å². The van der Waals surface area contributed by atoms with E-state index in [2.05, 4.69) is 43.9 Å². The van der Waals surface area contributed by atoms with Gasteiger partial charge in [0.15, 0.2) is 0 Å². The van der Waals surface area contributed by atoms with Gasteiger partial charge in [-0.15, -0.1) is 11.6 Å². The summed E-state index contributed by atoms with van der Waals surface area (Å²) in [5.41, 5.74) is 0.973. The summed E-state index contributed by atoms with van der Waals surface area (Å²) in [4.78, 5) is 0. The zero-order valence-electron chi connectivity index (χ0n) is 12.7. The molecule has 2 rings (SSSR count). The van der Waals surface area contributed by atoms with Crippen LogP contribution in [0.1, 0.15) is 38.7 Å². The number of alkyl halides is 1. The molecule has 0 saturated carbocycles. The smallest absolute Gasteiger partial charge is 0.135 e. The summed E-state index contributed by atoms with van der Waals surface area (Å²) in [7, 11) is 0. The lowest BCUT2D eigenvalue weighted by Crippen LogP contribution is -2.11. The van der Waals surface area contributed by atoms with Crippen molar-refractivity contribution in [2.45, 2.75) is 39.2 Å². The van der Waals surface area contributed by atoms with Crippen molar-refractivity contribution >= 4 is 22.4 Å². The van der Waals surface area contributed by atoms with Crippen LogP contribution in [0.4, 0.5) is 0 Å². The van der Waals surface area contributed by atoms with Gasteiger partial charge in [0, 0.05) is 17.7 Å². The first-order chi connectivity index (χ1) is 10.3. The van der Waals surface area contributed by atoms with E-state index in [0.29, 0.717) is 12.3 Å². The fourth-order valence-corrected chi connectivity index (χ4v) is 2.45. The number of hydrogen-bond donors (Lipinski definition) is 0. The number of ether oxygens (including phenoxy) is 1. The molecule has 0 saturated heterocycles. The predicted octanol–water partition coefficient (Wildman–Crippen LogP) is 5.39. The fourth-order valence-electron chi connectivity index (χ4n) is 2.36. The van der Waals surface area contributed by atoms with Gasteiger partial charge in [-0.3, -0.25) is 0 Å². The summed E-state index contributed by atoms with van der Waals surface area (Å²) in [5, 5.41) is 2.32. The first kappa shape index (κ1) is 15.7. The Labute approximate surface area is 132 Å². The van der Waals surface area contributed by atoms with Gasteiger partial charge in [0.05, 0.1) is 11.7 Å². The van der Waals surface area contributed by atoms with Crippen molar-refractivity contribution in [3.05, 3.63) is 42.0 Å². The summed E-state index contributed by atoms with van der Waals surface area (Å²) in [5.74, 6) is 7.80. The van der Waals surface area contributed by atoms with E-state index in [4.69, 9.17) is 16.3 Å². The normalized spacial score (nSPS) is 11.8. The Hall–Kier alpha value is -1.65. The Kier molecular flexibility index (Phi) is 5.96. The van der Waals surface area contributed by atoms with Crippen LogP contribution < -0.4 is 4.74 Å². The summed E-state index contributed by atoms with van der Waals surface area (Å²) >= 11 is 5.72. The molecule has 1 atom stereocenters. The third kappa shape index (κ3) is 4.16. The van der Waals surface area contributed by atoms with Crippen molar-refractivity contribution in [3.63, 3.8) is 0 Å². The van der Waals surface area contributed by atoms with Gasteiger partial charge in [0.2, 0.25) is 0 Å². The number of benzene rings is 2. The molecule has 21 heavy (non-hydrogen) atoms. The highest BCUT2D eigenvalue weighted by Gasteiger charge is 2.10. The fraction of sp³-hybridized carbons (Fsp3) is 0.368. The molecule has 0 heterocycles. The lowest BCUT2D eigenvalue weighted by molar-refractivity contribution is 0.209. The molecule has 0 fully saturated rings. The van der Waals surface area contributed by atoms with E-state index < -0.39 is 0 Å². The third-order valence-electron chi connectivity index (χ3n) is 3.35. The van der Waals surface area contributed by atoms with Gasteiger partial charge in [-0.1, -0.05) is 55.5 Å². The average molecular weight is 301 g/mol. The van der Waals surface area contributed by atoms with Gasteiger partial charge in [-0.25, -0.2) is 0 Å². The van der Waals surface area contributed by atoms with Crippen molar-refractivity contribution in [2.24, 2.45) is 0 Å². The number of fused-ring (bicyclic) bond motifs is 1. The van der Waals surface area contributed by atoms with Crippen molar-refractivity contribution in [3.8, 4) is 17.6 Å². The highest BCUT2D eigenvalue weighted by Crippen LogP contribution is 2.28. The molecule has 0 N–H and O–H groups in total. The van der Waals surface area contributed by atoms with Crippen LogP contribution in [-0.4, -0.2) is 12.0 Å². The van der Waals surface area contributed by atoms with Crippen molar-refractivity contribution in [1.29, 1.82) is 0 Å². The van der Waals surface area contributed by atoms with Gasteiger partial charge in [0.1, 0.15) is 5.75 Å². The lowest BCUT2D eigenvalue weighted by Gasteiger charge is -2.16. The topological polar surface area (TPSA) is 9.23 Å². The average Bonchev–Trinajstić information content (AvgIpc) is 2.49. The first-order valence-corrected chi connectivity index (χ1v) is 8.03. The van der Waals surface area contributed by atoms with Crippen LogP contribution in [0.3, 0.4) is 0 Å². The lowest BCUT2D eigenvalue weighted by atomic mass is 10.0. The highest BCUT2D eigenvalue weighted by molar-refractivity contribution is 6.18. The van der Waals surface area contributed by atoms with Crippen LogP contribution in [0, 0.1) is 11.8 Å². The van der Waals surface area contributed by atoms with E-state index >= 15 is 0 Å². The van der Waals surface area contributed by atoms with Crippen molar-refractivity contribution in [2.75, 3.05) is 5.88 Å². The summed E-state index contributed by atoms with van der Waals surface area (Å²) in [6, 6.07) is 12.4. The maximum absolute atomic E-state index is 6.09. The molecule has 0 aliphatic heterocycles. The molecule has 0 spiro atoms. The summed E-state index contributed by atoms with van der Waals surface area (Å²) in [6.45, 7) is 4.27. The van der Waals surface area contributed by atoms with Gasteiger partial charge in [-0.05, 0) is 24.8 Å². The maximum atomic E-state index is 6.09. The molecule has 1 nitrogen and oxygen atoms in total. The number of hydrogen-bond acceptors (Lipinski definition) is 1. The largest absolute Gasteiger partial charge is 0.489 e. The van der Waals surface area contributed by atoms with Crippen LogP contribution in [0.5, 0.6) is 5.75 Å². The molecular formula is C19H21ClO. The number of halogens is 1. The Morgan fingerprint density at radius 2 is 2.00 bits per heavy atom. The molecule has 0 amide bonds. The second-order valence-corrected chi connectivity index (χ2v) is 5.50. The molecule has 0 aliphatic rings. The molecule has 0 radical (unpaired) electrons. The monoisotopic (exact) mass is 300 g/mol. The van der Waals surface area contributed by atoms with Crippen LogP contribution in [0.15, 0.2) is 36.4 Å². The Morgan fingerprint density at radius 3 is 2.76 bits per heavy atom. The van der Waals surface area contributed by atoms with Crippen molar-refractivity contribution in [1.82, 2.24) is 0 Å². The summed E-state index contributed by atoms with van der Waals surface area (Å²) in [6.07, 6.45) is 3.04. The van der Waals surface area contributed by atoms with Crippen molar-refractivity contribution < 1.29 is 4.74 Å². The van der Waals surface area contributed by atoms with Gasteiger partial charge in [-0.2, -0.15) is 0 Å². The molecule has 2 aromatic rings. The van der Waals surface area contributed by atoms with Crippen LogP contribution in [0.25, 0.3) is 10.8 Å². The van der Waals surface area contributed by atoms with E-state index in [1.807, 2.05) is 18.2 Å². The zero-order valence-corrected chi connectivity index (χ0v) is 13.4. The molecule has 0 aromatic heterocycles. The van der Waals surface area contributed by atoms with E-state index in [1.165, 1.54) is 5.39 Å².